The van der Waals surface area contributed by atoms with Crippen LogP contribution in [0.4, 0.5) is 0 Å². The van der Waals surface area contributed by atoms with E-state index in [9.17, 15) is 4.79 Å². The molecule has 4 heteroatoms. The number of methoxy groups -OCH3 is 1. The first-order valence-electron chi connectivity index (χ1n) is 5.91. The molecule has 0 aliphatic heterocycles. The zero-order chi connectivity index (χ0) is 12.8. The molecule has 0 saturated carbocycles. The van der Waals surface area contributed by atoms with E-state index in [1.807, 2.05) is 13.8 Å². The van der Waals surface area contributed by atoms with Crippen molar-refractivity contribution in [3.63, 3.8) is 0 Å². The lowest BCUT2D eigenvalue weighted by Gasteiger charge is -2.35. The highest BCUT2D eigenvalue weighted by Crippen LogP contribution is 2.17. The van der Waals surface area contributed by atoms with Gasteiger partial charge in [-0.2, -0.15) is 0 Å². The third-order valence-corrected chi connectivity index (χ3v) is 3.01. The lowest BCUT2D eigenvalue weighted by molar-refractivity contribution is -0.154. The van der Waals surface area contributed by atoms with E-state index in [-0.39, 0.29) is 18.6 Å². The van der Waals surface area contributed by atoms with Gasteiger partial charge in [-0.15, -0.1) is 0 Å². The second-order valence-corrected chi connectivity index (χ2v) is 4.41. The molecule has 0 aromatic carbocycles. The summed E-state index contributed by atoms with van der Waals surface area (Å²) in [5.74, 6) is -0.0576. The molecule has 0 aliphatic rings. The highest BCUT2D eigenvalue weighted by Gasteiger charge is 2.34. The summed E-state index contributed by atoms with van der Waals surface area (Å²) in [6.45, 7) is 7.96. The first-order valence-corrected chi connectivity index (χ1v) is 5.91. The molecule has 96 valence electrons. The molecular weight excluding hydrogens is 206 g/mol. The van der Waals surface area contributed by atoms with Gasteiger partial charge in [0, 0.05) is 19.7 Å². The molecule has 0 aromatic rings. The van der Waals surface area contributed by atoms with E-state index in [1.54, 1.807) is 18.7 Å². The van der Waals surface area contributed by atoms with Crippen LogP contribution in [0.3, 0.4) is 0 Å². The summed E-state index contributed by atoms with van der Waals surface area (Å²) < 4.78 is 5.19. The van der Waals surface area contributed by atoms with Gasteiger partial charge in [0.2, 0.25) is 0 Å². The second kappa shape index (κ2) is 6.86. The molecule has 0 radical (unpaired) electrons. The van der Waals surface area contributed by atoms with Gasteiger partial charge in [0.15, 0.2) is 0 Å². The van der Waals surface area contributed by atoms with E-state index < -0.39 is 5.60 Å². The van der Waals surface area contributed by atoms with Crippen molar-refractivity contribution in [2.24, 2.45) is 0 Å². The number of amides is 1. The fourth-order valence-corrected chi connectivity index (χ4v) is 1.72. The van der Waals surface area contributed by atoms with Crippen molar-refractivity contribution in [1.29, 1.82) is 0 Å². The molecule has 1 amide bonds. The van der Waals surface area contributed by atoms with E-state index in [1.165, 1.54) is 7.11 Å². The first-order chi connectivity index (χ1) is 7.44. The second-order valence-electron chi connectivity index (χ2n) is 4.41. The number of nitrogens with zero attached hydrogens (tertiary/aromatic N) is 1. The minimum atomic E-state index is -0.822. The van der Waals surface area contributed by atoms with Gasteiger partial charge < -0.3 is 14.7 Å². The topological polar surface area (TPSA) is 49.8 Å². The fraction of sp³-hybridized carbons (Fsp3) is 0.917. The van der Waals surface area contributed by atoms with Gasteiger partial charge in [-0.1, -0.05) is 13.8 Å². The van der Waals surface area contributed by atoms with Crippen molar-refractivity contribution in [1.82, 2.24) is 4.90 Å². The minimum absolute atomic E-state index is 0.0119. The standard InChI is InChI=1S/C12H25NO3/c1-6-10(7-2)13(8-9-14)11(15)12(3,4)16-5/h10,14H,6-9H2,1-5H3. The Hall–Kier alpha value is -0.610. The molecule has 1 N–H and O–H groups in total. The zero-order valence-electron chi connectivity index (χ0n) is 11.1. The Morgan fingerprint density at radius 2 is 1.88 bits per heavy atom. The van der Waals surface area contributed by atoms with Crippen LogP contribution in [0.25, 0.3) is 0 Å². The van der Waals surface area contributed by atoms with Crippen LogP contribution < -0.4 is 0 Å². The number of hydrogen-bond acceptors (Lipinski definition) is 3. The number of aliphatic hydroxyl groups excluding tert-OH is 1. The van der Waals surface area contributed by atoms with Gasteiger partial charge in [0.05, 0.1) is 6.61 Å². The van der Waals surface area contributed by atoms with Gasteiger partial charge in [0.25, 0.3) is 5.91 Å². The summed E-state index contributed by atoms with van der Waals surface area (Å²) >= 11 is 0. The number of aliphatic hydroxyl groups is 1. The van der Waals surface area contributed by atoms with Crippen molar-refractivity contribution in [3.8, 4) is 0 Å². The minimum Gasteiger partial charge on any atom is -0.395 e. The van der Waals surface area contributed by atoms with E-state index in [0.717, 1.165) is 12.8 Å². The van der Waals surface area contributed by atoms with Crippen LogP contribution >= 0.6 is 0 Å². The predicted molar refractivity (Wildman–Crippen MR) is 64.3 cm³/mol. The predicted octanol–water partition coefficient (Wildman–Crippen LogP) is 1.42. The molecule has 0 saturated heterocycles. The van der Waals surface area contributed by atoms with Crippen molar-refractivity contribution < 1.29 is 14.6 Å². The number of ether oxygens (including phenoxy) is 1. The molecule has 0 atom stereocenters. The Labute approximate surface area is 98.6 Å². The van der Waals surface area contributed by atoms with Crippen LogP contribution in [0.1, 0.15) is 40.5 Å². The lowest BCUT2D eigenvalue weighted by Crippen LogP contribution is -2.51. The normalized spacial score (nSPS) is 11.9. The van der Waals surface area contributed by atoms with Gasteiger partial charge in [0.1, 0.15) is 5.60 Å². The van der Waals surface area contributed by atoms with Gasteiger partial charge in [-0.05, 0) is 26.7 Å². The highest BCUT2D eigenvalue weighted by molar-refractivity contribution is 5.84. The Bertz CT molecular complexity index is 212. The smallest absolute Gasteiger partial charge is 0.254 e. The van der Waals surface area contributed by atoms with Crippen LogP contribution in [-0.4, -0.2) is 47.8 Å². The SMILES string of the molecule is CCC(CC)N(CCO)C(=O)C(C)(C)OC. The van der Waals surface area contributed by atoms with Gasteiger partial charge in [-0.3, -0.25) is 4.79 Å². The summed E-state index contributed by atoms with van der Waals surface area (Å²) in [5, 5.41) is 9.03. The van der Waals surface area contributed by atoms with Crippen LogP contribution in [-0.2, 0) is 9.53 Å². The Morgan fingerprint density at radius 3 is 2.19 bits per heavy atom. The average Bonchev–Trinajstić information content (AvgIpc) is 2.28. The van der Waals surface area contributed by atoms with Crippen molar-refractivity contribution in [3.05, 3.63) is 0 Å². The summed E-state index contributed by atoms with van der Waals surface area (Å²) in [5.41, 5.74) is -0.822. The summed E-state index contributed by atoms with van der Waals surface area (Å²) in [6.07, 6.45) is 1.78. The first kappa shape index (κ1) is 15.4. The monoisotopic (exact) mass is 231 g/mol. The number of carbonyl (C=O) groups is 1. The molecule has 0 heterocycles. The maximum absolute atomic E-state index is 12.2. The maximum Gasteiger partial charge on any atom is 0.254 e. The molecule has 0 rings (SSSR count). The van der Waals surface area contributed by atoms with Crippen molar-refractivity contribution in [2.75, 3.05) is 20.3 Å². The van der Waals surface area contributed by atoms with Gasteiger partial charge >= 0.3 is 0 Å². The Balaban J connectivity index is 4.83. The van der Waals surface area contributed by atoms with E-state index >= 15 is 0 Å². The summed E-state index contributed by atoms with van der Waals surface area (Å²) in [7, 11) is 1.53. The van der Waals surface area contributed by atoms with Crippen LogP contribution in [0.2, 0.25) is 0 Å². The molecule has 0 fully saturated rings. The third kappa shape index (κ3) is 3.76. The summed E-state index contributed by atoms with van der Waals surface area (Å²) in [6, 6.07) is 0.175. The molecule has 0 unspecified atom stereocenters. The maximum atomic E-state index is 12.2. The zero-order valence-corrected chi connectivity index (χ0v) is 11.1. The molecular formula is C12H25NO3. The molecule has 0 spiro atoms. The number of carbonyl (C=O) groups excluding carboxylic acids is 1. The van der Waals surface area contributed by atoms with Gasteiger partial charge in [-0.25, -0.2) is 0 Å². The van der Waals surface area contributed by atoms with Crippen molar-refractivity contribution in [2.45, 2.75) is 52.2 Å². The van der Waals surface area contributed by atoms with E-state index in [2.05, 4.69) is 0 Å². The number of rotatable bonds is 7. The molecule has 4 nitrogen and oxygen atoms in total. The van der Waals surface area contributed by atoms with Crippen LogP contribution in [0.5, 0.6) is 0 Å². The fourth-order valence-electron chi connectivity index (χ4n) is 1.72. The number of hydrogen-bond donors (Lipinski definition) is 1. The van der Waals surface area contributed by atoms with Crippen LogP contribution in [0.15, 0.2) is 0 Å². The quantitative estimate of drug-likeness (QED) is 0.721. The van der Waals surface area contributed by atoms with Crippen molar-refractivity contribution >= 4 is 5.91 Å². The molecule has 0 aliphatic carbocycles. The molecule has 0 aromatic heterocycles. The summed E-state index contributed by atoms with van der Waals surface area (Å²) in [4.78, 5) is 14.0. The largest absolute Gasteiger partial charge is 0.395 e. The third-order valence-electron chi connectivity index (χ3n) is 3.01. The lowest BCUT2D eigenvalue weighted by atomic mass is 10.0. The average molecular weight is 231 g/mol. The molecule has 16 heavy (non-hydrogen) atoms. The molecule has 0 bridgehead atoms. The Kier molecular flexibility index (Phi) is 6.60. The highest BCUT2D eigenvalue weighted by atomic mass is 16.5. The van der Waals surface area contributed by atoms with E-state index in [4.69, 9.17) is 9.84 Å². The van der Waals surface area contributed by atoms with E-state index in [0.29, 0.717) is 6.54 Å². The Morgan fingerprint density at radius 1 is 1.38 bits per heavy atom. The van der Waals surface area contributed by atoms with Crippen LogP contribution in [0, 0.1) is 0 Å².